The molecule has 0 radical (unpaired) electrons. The Morgan fingerprint density at radius 1 is 1.13 bits per heavy atom. The molecule has 0 atom stereocenters. The fraction of sp³-hybridized carbons (Fsp3) is 0.333. The van der Waals surface area contributed by atoms with Crippen LogP contribution in [0.2, 0.25) is 4.97 Å². The molecule has 0 bridgehead atoms. The fourth-order valence-corrected chi connectivity index (χ4v) is 3.37. The molecule has 2 nitrogen and oxygen atoms in total. The van der Waals surface area contributed by atoms with Crippen molar-refractivity contribution in [3.05, 3.63) is 35.4 Å². The van der Waals surface area contributed by atoms with Gasteiger partial charge in [0.2, 0.25) is 0 Å². The summed E-state index contributed by atoms with van der Waals surface area (Å²) in [5.41, 5.74) is -0.366. The fourth-order valence-electron chi connectivity index (χ4n) is 1.09. The Bertz CT molecular complexity index is 431. The molecule has 1 aromatic rings. The first-order valence-electron chi connectivity index (χ1n) is 4.02. The van der Waals surface area contributed by atoms with Gasteiger partial charge in [-0.25, -0.2) is 0 Å². The zero-order valence-electron chi connectivity index (χ0n) is 7.88. The quantitative estimate of drug-likeness (QED) is 0.780. The van der Waals surface area contributed by atoms with E-state index in [4.69, 9.17) is 0 Å². The van der Waals surface area contributed by atoms with Gasteiger partial charge in [-0.15, -0.1) is 0 Å². The first-order chi connectivity index (χ1) is 6.68. The van der Waals surface area contributed by atoms with Crippen LogP contribution in [0.15, 0.2) is 24.3 Å². The predicted molar refractivity (Wildman–Crippen MR) is 48.1 cm³/mol. The van der Waals surface area contributed by atoms with Crippen molar-refractivity contribution in [1.82, 2.24) is 0 Å². The van der Waals surface area contributed by atoms with Crippen molar-refractivity contribution in [2.75, 3.05) is 0 Å². The normalized spacial score (nSPS) is 12.8. The molecule has 0 aliphatic carbocycles. The van der Waals surface area contributed by atoms with Crippen molar-refractivity contribution in [3.63, 3.8) is 0 Å². The van der Waals surface area contributed by atoms with Gasteiger partial charge in [0.1, 0.15) is 0 Å². The second-order valence-corrected chi connectivity index (χ2v) is 9.37. The summed E-state index contributed by atoms with van der Waals surface area (Å²) in [4.78, 5) is 1.14. The van der Waals surface area contributed by atoms with Gasteiger partial charge in [0.05, 0.1) is 0 Å². The molecular formula is C9H9F3O2Te. The Morgan fingerprint density at radius 3 is 1.93 bits per heavy atom. The van der Waals surface area contributed by atoms with Gasteiger partial charge >= 0.3 is 88.5 Å². The molecule has 0 saturated carbocycles. The van der Waals surface area contributed by atoms with Crippen molar-refractivity contribution in [2.24, 2.45) is 0 Å². The van der Waals surface area contributed by atoms with Crippen LogP contribution in [0.5, 0.6) is 0 Å². The van der Waals surface area contributed by atoms with Crippen LogP contribution in [0.4, 0.5) is 13.2 Å². The van der Waals surface area contributed by atoms with Gasteiger partial charge in [-0.05, 0) is 0 Å². The summed E-state index contributed by atoms with van der Waals surface area (Å²) in [7, 11) is 0. The Hall–Kier alpha value is -0.600. The Kier molecular flexibility index (Phi) is 3.41. The number of hydrogen-bond donors (Lipinski definition) is 0. The van der Waals surface area contributed by atoms with Gasteiger partial charge in [0.15, 0.2) is 0 Å². The topological polar surface area (TPSA) is 34.1 Å². The first-order valence-corrected chi connectivity index (χ1v) is 9.90. The van der Waals surface area contributed by atoms with E-state index in [1.165, 1.54) is 12.1 Å². The third-order valence-corrected chi connectivity index (χ3v) is 4.16. The van der Waals surface area contributed by atoms with E-state index in [-0.39, 0.29) is 4.47 Å². The van der Waals surface area contributed by atoms with Gasteiger partial charge in [0, 0.05) is 0 Å². The average molecular weight is 334 g/mol. The maximum absolute atomic E-state index is 12.1. The zero-order chi connectivity index (χ0) is 11.7. The second-order valence-electron chi connectivity index (χ2n) is 3.26. The van der Waals surface area contributed by atoms with Gasteiger partial charge < -0.3 is 0 Å². The molecule has 0 saturated heterocycles. The van der Waals surface area contributed by atoms with Crippen LogP contribution in [-0.4, -0.2) is 18.1 Å². The standard InChI is InChI=1S/C9H9F3O2Te/c1-15(13,14)6-7-2-4-8(5-3-7)9(10,11)12/h2-5H,6H2,1H3. The van der Waals surface area contributed by atoms with Crippen LogP contribution in [0.25, 0.3) is 0 Å². The van der Waals surface area contributed by atoms with Crippen LogP contribution in [0.1, 0.15) is 11.1 Å². The van der Waals surface area contributed by atoms with E-state index in [1.807, 2.05) is 0 Å². The number of hydrogen-bond acceptors (Lipinski definition) is 2. The molecule has 1 rings (SSSR count). The number of rotatable bonds is 2. The van der Waals surface area contributed by atoms with Crippen LogP contribution >= 0.6 is 0 Å². The zero-order valence-corrected chi connectivity index (χ0v) is 10.2. The van der Waals surface area contributed by atoms with E-state index in [2.05, 4.69) is 0 Å². The van der Waals surface area contributed by atoms with E-state index in [0.717, 1.165) is 17.1 Å². The molecule has 0 amide bonds. The SMILES string of the molecule is C[Te](=O)(=O)Cc1ccc(C(F)(F)F)cc1. The molecule has 0 heterocycles. The van der Waals surface area contributed by atoms with E-state index in [0.29, 0.717) is 5.56 Å². The van der Waals surface area contributed by atoms with Gasteiger partial charge in [-0.1, -0.05) is 0 Å². The molecule has 0 spiro atoms. The van der Waals surface area contributed by atoms with Crippen LogP contribution in [0, 0.1) is 0 Å². The Labute approximate surface area is 88.7 Å². The van der Waals surface area contributed by atoms with Gasteiger partial charge in [-0.2, -0.15) is 0 Å². The van der Waals surface area contributed by atoms with Crippen LogP contribution in [0.3, 0.4) is 0 Å². The van der Waals surface area contributed by atoms with E-state index < -0.39 is 29.9 Å². The van der Waals surface area contributed by atoms with Crippen LogP contribution in [-0.2, 0) is 16.9 Å². The first kappa shape index (κ1) is 12.5. The summed E-state index contributed by atoms with van der Waals surface area (Å²) < 4.78 is 58.2. The molecule has 0 fully saturated rings. The Balaban J connectivity index is 2.91. The maximum atomic E-state index is 12.1. The molecule has 1 aromatic carbocycles. The monoisotopic (exact) mass is 336 g/mol. The minimum absolute atomic E-state index is 0.138. The summed E-state index contributed by atoms with van der Waals surface area (Å²) in [6.07, 6.45) is -4.38. The molecular weight excluding hydrogens is 325 g/mol. The summed E-state index contributed by atoms with van der Waals surface area (Å²) in [6, 6.07) is 4.18. The molecule has 0 unspecified atom stereocenters. The third kappa shape index (κ3) is 4.18. The molecule has 0 aromatic heterocycles. The number of alkyl halides is 3. The third-order valence-electron chi connectivity index (χ3n) is 1.71. The van der Waals surface area contributed by atoms with Crippen molar-refractivity contribution in [3.8, 4) is 0 Å². The van der Waals surface area contributed by atoms with Crippen molar-refractivity contribution < 1.29 is 19.4 Å². The second kappa shape index (κ2) is 4.11. The van der Waals surface area contributed by atoms with Gasteiger partial charge in [-0.3, -0.25) is 0 Å². The summed E-state index contributed by atoms with van der Waals surface area (Å²) in [5.74, 6) is 0. The minimum atomic E-state index is -4.38. The van der Waals surface area contributed by atoms with Crippen molar-refractivity contribution >= 4 is 18.1 Å². The number of halogens is 3. The summed E-state index contributed by atoms with van der Waals surface area (Å²) in [6.45, 7) is 0. The summed E-state index contributed by atoms with van der Waals surface area (Å²) in [5, 5.41) is 0. The van der Waals surface area contributed by atoms with E-state index in [1.54, 1.807) is 0 Å². The van der Waals surface area contributed by atoms with Crippen molar-refractivity contribution in [2.45, 2.75) is 15.6 Å². The molecule has 0 aliphatic rings. The predicted octanol–water partition coefficient (Wildman–Crippen LogP) is 2.72. The number of benzene rings is 1. The molecule has 15 heavy (non-hydrogen) atoms. The average Bonchev–Trinajstić information content (AvgIpc) is 2.00. The Morgan fingerprint density at radius 2 is 1.60 bits per heavy atom. The van der Waals surface area contributed by atoms with E-state index in [9.17, 15) is 19.4 Å². The summed E-state index contributed by atoms with van der Waals surface area (Å²) >= 11 is -4.24. The van der Waals surface area contributed by atoms with Crippen LogP contribution < -0.4 is 0 Å². The molecule has 0 aliphatic heterocycles. The van der Waals surface area contributed by atoms with Crippen molar-refractivity contribution in [1.29, 1.82) is 0 Å². The molecule has 0 N–H and O–H groups in total. The molecule has 6 heteroatoms. The van der Waals surface area contributed by atoms with Gasteiger partial charge in [0.25, 0.3) is 0 Å². The molecule has 84 valence electrons. The van der Waals surface area contributed by atoms with E-state index >= 15 is 0 Å².